The lowest BCUT2D eigenvalue weighted by molar-refractivity contribution is -0.134. The van der Waals surface area contributed by atoms with E-state index >= 15 is 0 Å². The second-order valence-electron chi connectivity index (χ2n) is 5.70. The molecule has 0 saturated heterocycles. The Morgan fingerprint density at radius 1 is 1.13 bits per heavy atom. The van der Waals surface area contributed by atoms with Crippen molar-refractivity contribution >= 4 is 26.7 Å². The fourth-order valence-electron chi connectivity index (χ4n) is 2.60. The van der Waals surface area contributed by atoms with Crippen LogP contribution in [0.2, 0.25) is 0 Å². The van der Waals surface area contributed by atoms with Crippen molar-refractivity contribution in [2.75, 3.05) is 7.05 Å². The zero-order valence-electron chi connectivity index (χ0n) is 13.2. The van der Waals surface area contributed by atoms with E-state index in [2.05, 4.69) is 0 Å². The lowest BCUT2D eigenvalue weighted by Gasteiger charge is -2.28. The number of hydrogen-bond donors (Lipinski definition) is 2. The van der Waals surface area contributed by atoms with Crippen LogP contribution < -0.4 is 5.48 Å². The lowest BCUT2D eigenvalue weighted by Crippen LogP contribution is -2.49. The van der Waals surface area contributed by atoms with Gasteiger partial charge in [-0.1, -0.05) is 44.2 Å². The highest BCUT2D eigenvalue weighted by atomic mass is 32.2. The third-order valence-electron chi connectivity index (χ3n) is 3.80. The van der Waals surface area contributed by atoms with Crippen molar-refractivity contribution in [1.29, 1.82) is 0 Å². The molecule has 1 amide bonds. The van der Waals surface area contributed by atoms with Crippen LogP contribution in [0.3, 0.4) is 0 Å². The molecule has 124 valence electrons. The van der Waals surface area contributed by atoms with E-state index in [9.17, 15) is 13.2 Å². The minimum absolute atomic E-state index is 0.107. The van der Waals surface area contributed by atoms with Gasteiger partial charge in [0.1, 0.15) is 6.04 Å². The van der Waals surface area contributed by atoms with Gasteiger partial charge >= 0.3 is 0 Å². The Labute approximate surface area is 135 Å². The van der Waals surface area contributed by atoms with E-state index in [0.29, 0.717) is 0 Å². The van der Waals surface area contributed by atoms with E-state index < -0.39 is 22.0 Å². The first-order valence-electron chi connectivity index (χ1n) is 7.20. The Morgan fingerprint density at radius 2 is 1.74 bits per heavy atom. The average Bonchev–Trinajstić information content (AvgIpc) is 2.53. The number of rotatable bonds is 5. The quantitative estimate of drug-likeness (QED) is 0.646. The first kappa shape index (κ1) is 17.4. The number of hydrogen-bond acceptors (Lipinski definition) is 4. The highest BCUT2D eigenvalue weighted by molar-refractivity contribution is 7.89. The second kappa shape index (κ2) is 6.66. The van der Waals surface area contributed by atoms with Gasteiger partial charge in [0, 0.05) is 7.05 Å². The summed E-state index contributed by atoms with van der Waals surface area (Å²) in [6.45, 7) is 3.43. The van der Waals surface area contributed by atoms with E-state index in [4.69, 9.17) is 5.21 Å². The SMILES string of the molecule is CC(C)[C@H](C(=O)NO)N(C)S(=O)(=O)c1ccc2ccccc2c1. The fraction of sp³-hybridized carbons (Fsp3) is 0.312. The molecule has 7 heteroatoms. The number of benzene rings is 2. The zero-order chi connectivity index (χ0) is 17.2. The topological polar surface area (TPSA) is 86.7 Å². The third kappa shape index (κ3) is 3.36. The molecule has 0 bridgehead atoms. The Balaban J connectivity index is 2.47. The molecule has 0 aliphatic carbocycles. The van der Waals surface area contributed by atoms with Gasteiger partial charge < -0.3 is 0 Å². The second-order valence-corrected chi connectivity index (χ2v) is 7.69. The summed E-state index contributed by atoms with van der Waals surface area (Å²) < 4.78 is 26.6. The maximum atomic E-state index is 12.8. The van der Waals surface area contributed by atoms with Crippen LogP contribution in [0.5, 0.6) is 0 Å². The normalized spacial score (nSPS) is 13.5. The van der Waals surface area contributed by atoms with Gasteiger partial charge in [-0.2, -0.15) is 4.31 Å². The minimum atomic E-state index is -3.87. The average molecular weight is 336 g/mol. The Hall–Kier alpha value is -1.96. The van der Waals surface area contributed by atoms with Gasteiger partial charge in [0.2, 0.25) is 10.0 Å². The molecule has 1 atom stereocenters. The van der Waals surface area contributed by atoms with E-state index in [-0.39, 0.29) is 10.8 Å². The molecular weight excluding hydrogens is 316 g/mol. The van der Waals surface area contributed by atoms with E-state index in [1.807, 2.05) is 24.3 Å². The van der Waals surface area contributed by atoms with E-state index in [0.717, 1.165) is 15.1 Å². The number of hydroxylamine groups is 1. The van der Waals surface area contributed by atoms with Gasteiger partial charge in [-0.15, -0.1) is 0 Å². The predicted octanol–water partition coefficient (Wildman–Crippen LogP) is 1.99. The smallest absolute Gasteiger partial charge is 0.262 e. The standard InChI is InChI=1S/C16H20N2O4S/c1-11(2)15(16(19)17-20)18(3)23(21,22)14-9-8-12-6-4-5-7-13(12)10-14/h4-11,15,20H,1-3H3,(H,17,19)/t15-/m1/s1. The van der Waals surface area contributed by atoms with Crippen molar-refractivity contribution in [3.05, 3.63) is 42.5 Å². The first-order valence-corrected chi connectivity index (χ1v) is 8.64. The van der Waals surface area contributed by atoms with Crippen LogP contribution in [0.25, 0.3) is 10.8 Å². The molecular formula is C16H20N2O4S. The van der Waals surface area contributed by atoms with Crippen LogP contribution in [-0.2, 0) is 14.8 Å². The third-order valence-corrected chi connectivity index (χ3v) is 5.63. The first-order chi connectivity index (χ1) is 10.8. The summed E-state index contributed by atoms with van der Waals surface area (Å²) in [5.41, 5.74) is 1.54. The molecule has 0 aliphatic rings. The Morgan fingerprint density at radius 3 is 2.30 bits per heavy atom. The number of carbonyl (C=O) groups is 1. The van der Waals surface area contributed by atoms with E-state index in [1.54, 1.807) is 26.0 Å². The number of amides is 1. The molecule has 0 spiro atoms. The maximum Gasteiger partial charge on any atom is 0.262 e. The largest absolute Gasteiger partial charge is 0.289 e. The van der Waals surface area contributed by atoms with Crippen molar-refractivity contribution < 1.29 is 18.4 Å². The summed E-state index contributed by atoms with van der Waals surface area (Å²) in [5.74, 6) is -1.06. The summed E-state index contributed by atoms with van der Waals surface area (Å²) in [5, 5.41) is 10.6. The molecule has 0 radical (unpaired) electrons. The molecule has 23 heavy (non-hydrogen) atoms. The van der Waals surface area contributed by atoms with Crippen LogP contribution in [0.1, 0.15) is 13.8 Å². The number of carbonyl (C=O) groups excluding carboxylic acids is 1. The minimum Gasteiger partial charge on any atom is -0.289 e. The molecule has 2 aromatic rings. The number of likely N-dealkylation sites (N-methyl/N-ethyl adjacent to an activating group) is 1. The molecule has 0 aliphatic heterocycles. The van der Waals surface area contributed by atoms with Crippen LogP contribution in [0, 0.1) is 5.92 Å². The molecule has 2 aromatic carbocycles. The molecule has 0 aromatic heterocycles. The molecule has 0 heterocycles. The zero-order valence-corrected chi connectivity index (χ0v) is 14.0. The van der Waals surface area contributed by atoms with Gasteiger partial charge in [-0.3, -0.25) is 10.0 Å². The van der Waals surface area contributed by atoms with Crippen LogP contribution in [0.4, 0.5) is 0 Å². The number of nitrogens with one attached hydrogen (secondary N) is 1. The summed E-state index contributed by atoms with van der Waals surface area (Å²) in [4.78, 5) is 11.9. The Kier molecular flexibility index (Phi) is 5.03. The van der Waals surface area contributed by atoms with Gasteiger partial charge in [0.05, 0.1) is 4.90 Å². The fourth-order valence-corrected chi connectivity index (χ4v) is 4.08. The predicted molar refractivity (Wildman–Crippen MR) is 87.5 cm³/mol. The molecule has 2 rings (SSSR count). The van der Waals surface area contributed by atoms with Gasteiger partial charge in [0.15, 0.2) is 0 Å². The number of sulfonamides is 1. The molecule has 2 N–H and O–H groups in total. The highest BCUT2D eigenvalue weighted by Crippen LogP contribution is 2.24. The molecule has 0 saturated carbocycles. The monoisotopic (exact) mass is 336 g/mol. The highest BCUT2D eigenvalue weighted by Gasteiger charge is 2.35. The lowest BCUT2D eigenvalue weighted by atomic mass is 10.0. The summed E-state index contributed by atoms with van der Waals surface area (Å²) in [6.07, 6.45) is 0. The van der Waals surface area contributed by atoms with Crippen LogP contribution in [0.15, 0.2) is 47.4 Å². The van der Waals surface area contributed by atoms with Crippen molar-refractivity contribution in [3.63, 3.8) is 0 Å². The Bertz CT molecular complexity index is 818. The maximum absolute atomic E-state index is 12.8. The summed E-state index contributed by atoms with van der Waals surface area (Å²) in [7, 11) is -2.53. The van der Waals surface area contributed by atoms with Crippen molar-refractivity contribution in [1.82, 2.24) is 9.79 Å². The number of fused-ring (bicyclic) bond motifs is 1. The number of nitrogens with zero attached hydrogens (tertiary/aromatic N) is 1. The van der Waals surface area contributed by atoms with Crippen molar-refractivity contribution in [3.8, 4) is 0 Å². The van der Waals surface area contributed by atoms with Crippen molar-refractivity contribution in [2.24, 2.45) is 5.92 Å². The van der Waals surface area contributed by atoms with Crippen LogP contribution in [-0.4, -0.2) is 36.9 Å². The summed E-state index contributed by atoms with van der Waals surface area (Å²) in [6, 6.07) is 11.3. The van der Waals surface area contributed by atoms with Gasteiger partial charge in [-0.05, 0) is 28.8 Å². The molecule has 6 nitrogen and oxygen atoms in total. The molecule has 0 fully saturated rings. The van der Waals surface area contributed by atoms with Gasteiger partial charge in [0.25, 0.3) is 5.91 Å². The van der Waals surface area contributed by atoms with Gasteiger partial charge in [-0.25, -0.2) is 13.9 Å². The van der Waals surface area contributed by atoms with Crippen molar-refractivity contribution in [2.45, 2.75) is 24.8 Å². The summed E-state index contributed by atoms with van der Waals surface area (Å²) >= 11 is 0. The van der Waals surface area contributed by atoms with Crippen LogP contribution >= 0.6 is 0 Å². The van der Waals surface area contributed by atoms with E-state index in [1.165, 1.54) is 18.6 Å². The molecule has 0 unspecified atom stereocenters.